The third kappa shape index (κ3) is 2.18. The Morgan fingerprint density at radius 3 is 1.60 bits per heavy atom. The molecule has 1 spiro atoms. The summed E-state index contributed by atoms with van der Waals surface area (Å²) in [6.07, 6.45) is 7.89. The summed E-state index contributed by atoms with van der Waals surface area (Å²) >= 11 is 6.11. The largest absolute Gasteiger partial charge is 0.315 e. The molecule has 5 rings (SSSR count). The Bertz CT molecular complexity index is 708. The first-order valence-corrected chi connectivity index (χ1v) is 9.95. The molecule has 2 nitrogen and oxygen atoms in total. The fourth-order valence-electron chi connectivity index (χ4n) is 5.75. The van der Waals surface area contributed by atoms with Gasteiger partial charge in [0.1, 0.15) is 0 Å². The molecule has 0 amide bonds. The zero-order chi connectivity index (χ0) is 16.9. The van der Waals surface area contributed by atoms with Crippen molar-refractivity contribution in [2.45, 2.75) is 50.6 Å². The van der Waals surface area contributed by atoms with Gasteiger partial charge in [0.15, 0.2) is 5.11 Å². The van der Waals surface area contributed by atoms with E-state index in [1.165, 1.54) is 49.9 Å². The molecule has 25 heavy (non-hydrogen) atoms. The second kappa shape index (κ2) is 5.84. The maximum absolute atomic E-state index is 6.11. The van der Waals surface area contributed by atoms with Crippen LogP contribution >= 0.6 is 12.2 Å². The Morgan fingerprint density at radius 2 is 1.16 bits per heavy atom. The highest BCUT2D eigenvalue weighted by Gasteiger charge is 2.59. The highest BCUT2D eigenvalue weighted by molar-refractivity contribution is 7.80. The molecule has 0 aromatic heterocycles. The highest BCUT2D eigenvalue weighted by Crippen LogP contribution is 2.58. The van der Waals surface area contributed by atoms with Gasteiger partial charge >= 0.3 is 0 Å². The molecule has 2 aromatic carbocycles. The lowest BCUT2D eigenvalue weighted by molar-refractivity contribution is 0.222. The van der Waals surface area contributed by atoms with Crippen LogP contribution in [-0.2, 0) is 0 Å². The van der Waals surface area contributed by atoms with Gasteiger partial charge in [-0.25, -0.2) is 0 Å². The molecule has 0 unspecified atom stereocenters. The summed E-state index contributed by atoms with van der Waals surface area (Å²) in [5.74, 6) is 0. The quantitative estimate of drug-likeness (QED) is 0.672. The van der Waals surface area contributed by atoms with Crippen molar-refractivity contribution in [3.63, 3.8) is 0 Å². The molecule has 0 bridgehead atoms. The molecule has 3 fully saturated rings. The molecule has 128 valence electrons. The standard InChI is InChI=1S/C22H24N2S/c25-21-23(17-9-3-1-4-10-17)19-13-7-15-22(19)16-8-14-20(22)24(21)18-11-5-2-6-12-18/h1-6,9-12,19-20H,7-8,13-16H2/t19-,20-,22?/m0/s1. The van der Waals surface area contributed by atoms with Gasteiger partial charge in [0, 0.05) is 28.9 Å². The number of benzene rings is 2. The fraction of sp³-hybridized carbons (Fsp3) is 0.409. The van der Waals surface area contributed by atoms with E-state index in [9.17, 15) is 0 Å². The molecule has 1 aliphatic heterocycles. The third-order valence-corrected chi connectivity index (χ3v) is 7.06. The Morgan fingerprint density at radius 1 is 0.720 bits per heavy atom. The number of para-hydroxylation sites is 2. The molecule has 3 heteroatoms. The first-order chi connectivity index (χ1) is 12.3. The molecule has 3 aliphatic rings. The molecular weight excluding hydrogens is 324 g/mol. The summed E-state index contributed by atoms with van der Waals surface area (Å²) in [6.45, 7) is 0. The van der Waals surface area contributed by atoms with Crippen molar-refractivity contribution in [3.8, 4) is 0 Å². The molecule has 2 atom stereocenters. The second-order valence-corrected chi connectivity index (χ2v) is 8.11. The van der Waals surface area contributed by atoms with E-state index >= 15 is 0 Å². The first kappa shape index (κ1) is 15.4. The number of hydrogen-bond acceptors (Lipinski definition) is 1. The maximum Gasteiger partial charge on any atom is 0.181 e. The van der Waals surface area contributed by atoms with Crippen molar-refractivity contribution < 1.29 is 0 Å². The van der Waals surface area contributed by atoms with Crippen LogP contribution in [0.3, 0.4) is 0 Å². The van der Waals surface area contributed by atoms with Crippen LogP contribution in [0, 0.1) is 5.41 Å². The van der Waals surface area contributed by atoms with E-state index in [1.807, 2.05) is 0 Å². The lowest BCUT2D eigenvalue weighted by Gasteiger charge is -2.55. The molecule has 1 heterocycles. The van der Waals surface area contributed by atoms with Crippen molar-refractivity contribution in [1.29, 1.82) is 0 Å². The van der Waals surface area contributed by atoms with Gasteiger partial charge in [-0.15, -0.1) is 0 Å². The van der Waals surface area contributed by atoms with Crippen molar-refractivity contribution >= 4 is 28.7 Å². The van der Waals surface area contributed by atoms with E-state index in [0.29, 0.717) is 17.5 Å². The Balaban J connectivity index is 1.66. The van der Waals surface area contributed by atoms with Crippen LogP contribution in [0.15, 0.2) is 60.7 Å². The monoisotopic (exact) mass is 348 g/mol. The number of nitrogens with zero attached hydrogens (tertiary/aromatic N) is 2. The predicted octanol–water partition coefficient (Wildman–Crippen LogP) is 5.39. The Kier molecular flexibility index (Phi) is 3.60. The average molecular weight is 349 g/mol. The van der Waals surface area contributed by atoms with Gasteiger partial charge in [0.2, 0.25) is 0 Å². The van der Waals surface area contributed by atoms with Gasteiger partial charge in [-0.3, -0.25) is 0 Å². The molecule has 0 N–H and O–H groups in total. The maximum atomic E-state index is 6.11. The van der Waals surface area contributed by atoms with Gasteiger partial charge < -0.3 is 9.80 Å². The lowest BCUT2D eigenvalue weighted by atomic mass is 9.74. The van der Waals surface area contributed by atoms with Gasteiger partial charge in [0.25, 0.3) is 0 Å². The minimum atomic E-state index is 0.397. The minimum Gasteiger partial charge on any atom is -0.315 e. The number of thiocarbonyl (C=S) groups is 1. The van der Waals surface area contributed by atoms with E-state index in [-0.39, 0.29) is 0 Å². The predicted molar refractivity (Wildman–Crippen MR) is 108 cm³/mol. The molecular formula is C22H24N2S. The second-order valence-electron chi connectivity index (χ2n) is 7.74. The van der Waals surface area contributed by atoms with Gasteiger partial charge in [-0.05, 0) is 62.2 Å². The van der Waals surface area contributed by atoms with Crippen molar-refractivity contribution in [3.05, 3.63) is 60.7 Å². The zero-order valence-corrected chi connectivity index (χ0v) is 15.3. The minimum absolute atomic E-state index is 0.397. The van der Waals surface area contributed by atoms with Gasteiger partial charge in [-0.2, -0.15) is 0 Å². The average Bonchev–Trinajstić information content (AvgIpc) is 3.27. The smallest absolute Gasteiger partial charge is 0.181 e. The SMILES string of the molecule is S=C1N(c2ccccc2)[C@H]2CCCC23CCC[C@@H]3N1c1ccccc1. The Hall–Kier alpha value is -1.87. The van der Waals surface area contributed by atoms with E-state index < -0.39 is 0 Å². The number of rotatable bonds is 2. The van der Waals surface area contributed by atoms with Crippen LogP contribution in [-0.4, -0.2) is 17.2 Å². The van der Waals surface area contributed by atoms with Gasteiger partial charge in [-0.1, -0.05) is 49.2 Å². The van der Waals surface area contributed by atoms with Gasteiger partial charge in [0.05, 0.1) is 0 Å². The Labute approximate surface area is 155 Å². The summed E-state index contributed by atoms with van der Waals surface area (Å²) in [5, 5.41) is 0.992. The lowest BCUT2D eigenvalue weighted by Crippen LogP contribution is -2.66. The molecule has 2 aliphatic carbocycles. The summed E-state index contributed by atoms with van der Waals surface area (Å²) in [7, 11) is 0. The third-order valence-electron chi connectivity index (χ3n) is 6.67. The summed E-state index contributed by atoms with van der Waals surface area (Å²) in [4.78, 5) is 4.97. The molecule has 1 saturated heterocycles. The number of hydrogen-bond donors (Lipinski definition) is 0. The van der Waals surface area contributed by atoms with Crippen LogP contribution in [0.1, 0.15) is 38.5 Å². The van der Waals surface area contributed by atoms with Crippen LogP contribution < -0.4 is 9.80 Å². The number of anilines is 2. The highest BCUT2D eigenvalue weighted by atomic mass is 32.1. The van der Waals surface area contributed by atoms with E-state index in [2.05, 4.69) is 70.5 Å². The topological polar surface area (TPSA) is 6.48 Å². The molecule has 2 saturated carbocycles. The fourth-order valence-corrected chi connectivity index (χ4v) is 6.22. The summed E-state index contributed by atoms with van der Waals surface area (Å²) < 4.78 is 0. The summed E-state index contributed by atoms with van der Waals surface area (Å²) in [6, 6.07) is 22.7. The van der Waals surface area contributed by atoms with E-state index in [4.69, 9.17) is 12.2 Å². The van der Waals surface area contributed by atoms with E-state index in [1.54, 1.807) is 0 Å². The normalized spacial score (nSPS) is 31.1. The van der Waals surface area contributed by atoms with Crippen LogP contribution in [0.25, 0.3) is 0 Å². The van der Waals surface area contributed by atoms with Crippen molar-refractivity contribution in [2.75, 3.05) is 9.80 Å². The van der Waals surface area contributed by atoms with Crippen molar-refractivity contribution in [2.24, 2.45) is 5.41 Å². The zero-order valence-electron chi connectivity index (χ0n) is 14.5. The molecule has 0 radical (unpaired) electrons. The molecule has 2 aromatic rings. The summed E-state index contributed by atoms with van der Waals surface area (Å²) in [5.41, 5.74) is 2.91. The van der Waals surface area contributed by atoms with E-state index in [0.717, 1.165) is 5.11 Å². The van der Waals surface area contributed by atoms with Crippen LogP contribution in [0.5, 0.6) is 0 Å². The van der Waals surface area contributed by atoms with Crippen LogP contribution in [0.2, 0.25) is 0 Å². The van der Waals surface area contributed by atoms with Crippen molar-refractivity contribution in [1.82, 2.24) is 0 Å². The van der Waals surface area contributed by atoms with Crippen LogP contribution in [0.4, 0.5) is 11.4 Å². The first-order valence-electron chi connectivity index (χ1n) is 9.54.